The molecule has 1 aliphatic rings. The van der Waals surface area contributed by atoms with Crippen molar-refractivity contribution in [3.05, 3.63) is 58.4 Å². The Morgan fingerprint density at radius 3 is 2.47 bits per heavy atom. The van der Waals surface area contributed by atoms with E-state index in [1.807, 2.05) is 10.6 Å². The number of hydrogen-bond donors (Lipinski definition) is 3. The molecule has 1 heterocycles. The quantitative estimate of drug-likeness (QED) is 0.430. The second-order valence-electron chi connectivity index (χ2n) is 6.38. The molecule has 0 aliphatic carbocycles. The maximum atomic E-state index is 13.7. The van der Waals surface area contributed by atoms with Crippen molar-refractivity contribution in [1.29, 1.82) is 0 Å². The van der Waals surface area contributed by atoms with Crippen LogP contribution in [0.2, 0.25) is 5.02 Å². The molecule has 0 aromatic heterocycles. The van der Waals surface area contributed by atoms with Crippen LogP contribution in [0.1, 0.15) is 12.5 Å². The second-order valence-corrected chi connectivity index (χ2v) is 6.78. The lowest BCUT2D eigenvalue weighted by atomic mass is 10.1. The van der Waals surface area contributed by atoms with Crippen LogP contribution < -0.4 is 25.4 Å². The normalized spacial score (nSPS) is 13.2. The van der Waals surface area contributed by atoms with Crippen LogP contribution in [0.5, 0.6) is 11.5 Å². The summed E-state index contributed by atoms with van der Waals surface area (Å²) in [6, 6.07) is 7.59. The van der Waals surface area contributed by atoms with E-state index in [0.717, 1.165) is 0 Å². The van der Waals surface area contributed by atoms with Crippen molar-refractivity contribution in [1.82, 2.24) is 10.6 Å². The summed E-state index contributed by atoms with van der Waals surface area (Å²) < 4.78 is 24.7. The van der Waals surface area contributed by atoms with Crippen molar-refractivity contribution in [3.63, 3.8) is 0 Å². The fraction of sp³-hybridized carbons (Fsp3) is 0.143. The van der Waals surface area contributed by atoms with Crippen LogP contribution in [0.25, 0.3) is 6.08 Å². The summed E-state index contributed by atoms with van der Waals surface area (Å²) in [4.78, 5) is 47.1. The van der Waals surface area contributed by atoms with E-state index in [0.29, 0.717) is 5.56 Å². The van der Waals surface area contributed by atoms with Gasteiger partial charge in [-0.2, -0.15) is 0 Å². The molecule has 3 N–H and O–H groups in total. The first-order valence-electron chi connectivity index (χ1n) is 9.30. The van der Waals surface area contributed by atoms with Crippen LogP contribution in [0.15, 0.2) is 42.0 Å². The molecule has 0 radical (unpaired) electrons. The third-order valence-electron chi connectivity index (χ3n) is 4.08. The number of anilines is 1. The van der Waals surface area contributed by atoms with E-state index < -0.39 is 36.2 Å². The minimum atomic E-state index is -0.914. The van der Waals surface area contributed by atoms with E-state index in [1.165, 1.54) is 36.4 Å². The molecule has 5 amide bonds. The maximum Gasteiger partial charge on any atom is 0.328 e. The summed E-state index contributed by atoms with van der Waals surface area (Å²) in [5.41, 5.74) is 0.0130. The summed E-state index contributed by atoms with van der Waals surface area (Å²) >= 11 is 6.27. The number of nitrogens with one attached hydrogen (secondary N) is 3. The Labute approximate surface area is 186 Å². The lowest BCUT2D eigenvalue weighted by Gasteiger charge is -2.16. The molecule has 166 valence electrons. The zero-order valence-electron chi connectivity index (χ0n) is 16.7. The highest BCUT2D eigenvalue weighted by molar-refractivity contribution is 6.33. The Balaban J connectivity index is 1.80. The van der Waals surface area contributed by atoms with Crippen LogP contribution >= 0.6 is 11.6 Å². The summed E-state index contributed by atoms with van der Waals surface area (Å²) in [6.07, 6.45) is 1.22. The minimum Gasteiger partial charge on any atom is -0.490 e. The Hall–Kier alpha value is -3.92. The van der Waals surface area contributed by atoms with Gasteiger partial charge in [0.2, 0.25) is 0 Å². The number of imide groups is 2. The highest BCUT2D eigenvalue weighted by Crippen LogP contribution is 2.37. The van der Waals surface area contributed by atoms with Gasteiger partial charge in [-0.1, -0.05) is 23.7 Å². The van der Waals surface area contributed by atoms with Gasteiger partial charge in [0.15, 0.2) is 18.1 Å². The molecule has 32 heavy (non-hydrogen) atoms. The molecule has 0 spiro atoms. The predicted octanol–water partition coefficient (Wildman–Crippen LogP) is 2.64. The van der Waals surface area contributed by atoms with Crippen molar-refractivity contribution in [2.75, 3.05) is 18.5 Å². The van der Waals surface area contributed by atoms with Crippen molar-refractivity contribution >= 4 is 47.1 Å². The van der Waals surface area contributed by atoms with E-state index >= 15 is 0 Å². The number of carbonyl (C=O) groups is 4. The molecular weight excluding hydrogens is 445 g/mol. The smallest absolute Gasteiger partial charge is 0.328 e. The van der Waals surface area contributed by atoms with E-state index in [2.05, 4.69) is 5.32 Å². The molecule has 11 heteroatoms. The second kappa shape index (κ2) is 9.92. The molecule has 3 rings (SSSR count). The molecule has 1 saturated heterocycles. The van der Waals surface area contributed by atoms with Crippen LogP contribution in [-0.2, 0) is 14.4 Å². The first-order valence-corrected chi connectivity index (χ1v) is 9.68. The van der Waals surface area contributed by atoms with Crippen LogP contribution in [-0.4, -0.2) is 37.0 Å². The van der Waals surface area contributed by atoms with E-state index in [1.54, 1.807) is 13.0 Å². The van der Waals surface area contributed by atoms with Crippen molar-refractivity contribution < 1.29 is 33.0 Å². The number of hydrogen-bond acceptors (Lipinski definition) is 6. The fourth-order valence-corrected chi connectivity index (χ4v) is 3.01. The SMILES string of the molecule is CCOc1cc(C=C2C(=O)NC(=O)NC2=O)cc(Cl)c1OCC(=O)Nc1ccccc1F. The number of halogens is 2. The molecule has 0 bridgehead atoms. The van der Waals surface area contributed by atoms with Gasteiger partial charge in [0.1, 0.15) is 11.4 Å². The van der Waals surface area contributed by atoms with Crippen LogP contribution in [0.4, 0.5) is 14.9 Å². The fourth-order valence-electron chi connectivity index (χ4n) is 2.73. The van der Waals surface area contributed by atoms with Gasteiger partial charge in [-0.3, -0.25) is 25.0 Å². The Morgan fingerprint density at radius 1 is 1.12 bits per heavy atom. The molecule has 2 aromatic rings. The van der Waals surface area contributed by atoms with Crippen molar-refractivity contribution in [2.24, 2.45) is 0 Å². The maximum absolute atomic E-state index is 13.7. The van der Waals surface area contributed by atoms with E-state index in [9.17, 15) is 23.6 Å². The monoisotopic (exact) mass is 461 g/mol. The van der Waals surface area contributed by atoms with Gasteiger partial charge < -0.3 is 14.8 Å². The Kier molecular flexibility index (Phi) is 7.06. The van der Waals surface area contributed by atoms with Gasteiger partial charge in [-0.25, -0.2) is 9.18 Å². The van der Waals surface area contributed by atoms with E-state index in [4.69, 9.17) is 21.1 Å². The standard InChI is InChI=1S/C21H17ClFN3O6/c1-2-31-16-9-11(7-12-19(28)25-21(30)26-20(12)29)8-13(22)18(16)32-10-17(27)24-15-6-4-3-5-14(15)23/h3-9H,2,10H2,1H3,(H,24,27)(H2,25,26,28,29,30). The third-order valence-corrected chi connectivity index (χ3v) is 4.36. The third kappa shape index (κ3) is 5.41. The number of benzene rings is 2. The predicted molar refractivity (Wildman–Crippen MR) is 113 cm³/mol. The molecule has 0 saturated carbocycles. The molecule has 9 nitrogen and oxygen atoms in total. The van der Waals surface area contributed by atoms with Gasteiger partial charge in [-0.05, 0) is 42.8 Å². The topological polar surface area (TPSA) is 123 Å². The molecular formula is C21H17ClFN3O6. The lowest BCUT2D eigenvalue weighted by molar-refractivity contribution is -0.124. The molecule has 0 unspecified atom stereocenters. The largest absolute Gasteiger partial charge is 0.490 e. The van der Waals surface area contributed by atoms with Crippen LogP contribution in [0, 0.1) is 5.82 Å². The number of amides is 5. The summed E-state index contributed by atoms with van der Waals surface area (Å²) in [7, 11) is 0. The highest BCUT2D eigenvalue weighted by atomic mass is 35.5. The number of barbiturate groups is 1. The Bertz CT molecular complexity index is 1110. The highest BCUT2D eigenvalue weighted by Gasteiger charge is 2.28. The number of rotatable bonds is 7. The van der Waals surface area contributed by atoms with Gasteiger partial charge >= 0.3 is 6.03 Å². The zero-order valence-corrected chi connectivity index (χ0v) is 17.4. The van der Waals surface area contributed by atoms with Gasteiger partial charge in [0.05, 0.1) is 17.3 Å². The van der Waals surface area contributed by atoms with Gasteiger partial charge in [0, 0.05) is 0 Å². The summed E-state index contributed by atoms with van der Waals surface area (Å²) in [5.74, 6) is -2.75. The summed E-state index contributed by atoms with van der Waals surface area (Å²) in [5, 5.41) is 6.35. The molecule has 1 aliphatic heterocycles. The minimum absolute atomic E-state index is 0.00159. The van der Waals surface area contributed by atoms with Crippen LogP contribution in [0.3, 0.4) is 0 Å². The molecule has 2 aromatic carbocycles. The average molecular weight is 462 g/mol. The number of urea groups is 1. The number of para-hydroxylation sites is 1. The van der Waals surface area contributed by atoms with Gasteiger partial charge in [0.25, 0.3) is 17.7 Å². The zero-order chi connectivity index (χ0) is 23.3. The summed E-state index contributed by atoms with van der Waals surface area (Å²) in [6.45, 7) is 1.45. The van der Waals surface area contributed by atoms with Crippen molar-refractivity contribution in [3.8, 4) is 11.5 Å². The Morgan fingerprint density at radius 2 is 1.81 bits per heavy atom. The number of carbonyl (C=O) groups excluding carboxylic acids is 4. The molecule has 0 atom stereocenters. The lowest BCUT2D eigenvalue weighted by Crippen LogP contribution is -2.51. The van der Waals surface area contributed by atoms with E-state index in [-0.39, 0.29) is 34.4 Å². The van der Waals surface area contributed by atoms with Gasteiger partial charge in [-0.15, -0.1) is 0 Å². The first-order chi connectivity index (χ1) is 15.3. The number of ether oxygens (including phenoxy) is 2. The molecule has 1 fully saturated rings. The average Bonchev–Trinajstić information content (AvgIpc) is 2.72. The van der Waals surface area contributed by atoms with Crippen molar-refractivity contribution in [2.45, 2.75) is 6.92 Å². The first kappa shape index (κ1) is 22.8.